The van der Waals surface area contributed by atoms with Crippen molar-refractivity contribution in [3.63, 3.8) is 0 Å². The lowest BCUT2D eigenvalue weighted by Crippen LogP contribution is -1.96. The molecule has 0 bridgehead atoms. The van der Waals surface area contributed by atoms with Crippen LogP contribution in [0.4, 0.5) is 0 Å². The lowest BCUT2D eigenvalue weighted by molar-refractivity contribution is 1.16. The zero-order valence-electron chi connectivity index (χ0n) is 79.2. The molecule has 0 amide bonds. The Morgan fingerprint density at radius 2 is 0.342 bits per heavy atom. The fourth-order valence-electron chi connectivity index (χ4n) is 24.0. The first-order chi connectivity index (χ1) is 72.4. The maximum Gasteiger partial charge on any atom is 0.0562 e. The highest BCUT2D eigenvalue weighted by molar-refractivity contribution is 7.26. The Morgan fingerprint density at radius 3 is 0.699 bits per heavy atom. The summed E-state index contributed by atoms with van der Waals surface area (Å²) >= 11 is 3.77. The summed E-state index contributed by atoms with van der Waals surface area (Å²) in [6.45, 7) is 0. The van der Waals surface area contributed by atoms with E-state index in [1.807, 2.05) is 22.7 Å². The lowest BCUT2D eigenvalue weighted by Gasteiger charge is -2.13. The predicted molar refractivity (Wildman–Crippen MR) is 625 cm³/mol. The van der Waals surface area contributed by atoms with Crippen LogP contribution in [0.2, 0.25) is 0 Å². The van der Waals surface area contributed by atoms with Gasteiger partial charge in [-0.1, -0.05) is 358 Å². The SMILES string of the molecule is c1ccc(-c2cccc(-n3c4ccccc4c4cc5c6ccccc6n(-c6ccc(-c7cccc8c7sc7ccccc78)cc6)c5cc43)c2)cc1.c1ccc(-n2c3ccccc3c3cc4c5ccccc5n(-c5ccc(-c6ccc7c8ccccc8c8ccccc8c7c6)cc5)c4cc32)cc1.c1ccc(-n2c3ccccc3c3cc4c5ccccc5n(-c5ccc(-c6cccc7c6sc6ccccc67)cc5)c4cc32)cc1. The summed E-state index contributed by atoms with van der Waals surface area (Å²) < 4.78 is 19.9. The Kier molecular flexibility index (Phi) is 19.1. The zero-order valence-corrected chi connectivity index (χ0v) is 80.8. The molecule has 0 aliphatic heterocycles. The Morgan fingerprint density at radius 1 is 0.110 bits per heavy atom. The van der Waals surface area contributed by atoms with Gasteiger partial charge in [-0.15, -0.1) is 22.7 Å². The minimum atomic E-state index is 1.15. The summed E-state index contributed by atoms with van der Waals surface area (Å²) in [4.78, 5) is 0. The van der Waals surface area contributed by atoms with Crippen molar-refractivity contribution in [2.45, 2.75) is 0 Å². The largest absolute Gasteiger partial charge is 0.309 e. The highest BCUT2D eigenvalue weighted by Crippen LogP contribution is 2.49. The Balaban J connectivity index is 0.000000102. The van der Waals surface area contributed by atoms with Crippen LogP contribution in [-0.2, 0) is 0 Å². The molecular weight excluding hydrogens is 1810 g/mol. The second kappa shape index (κ2) is 33.5. The topological polar surface area (TPSA) is 29.6 Å². The van der Waals surface area contributed by atoms with Crippen molar-refractivity contribution in [2.24, 2.45) is 0 Å². The third-order valence-corrected chi connectivity index (χ3v) is 33.0. The molecule has 32 rings (SSSR count). The van der Waals surface area contributed by atoms with E-state index in [2.05, 4.69) is 549 Å². The van der Waals surface area contributed by atoms with Gasteiger partial charge in [-0.2, -0.15) is 0 Å². The van der Waals surface area contributed by atoms with E-state index in [1.165, 1.54) is 259 Å². The molecule has 24 aromatic carbocycles. The summed E-state index contributed by atoms with van der Waals surface area (Å²) in [5.74, 6) is 0. The van der Waals surface area contributed by atoms with Crippen molar-refractivity contribution >= 4 is 226 Å². The number of para-hydroxylation sites is 8. The molecule has 0 spiro atoms. The molecule has 32 aromatic rings. The molecule has 0 saturated carbocycles. The number of nitrogens with zero attached hydrogens (tertiary/aromatic N) is 6. The smallest absolute Gasteiger partial charge is 0.0562 e. The van der Waals surface area contributed by atoms with E-state index in [0.717, 1.165) is 22.7 Å². The second-order valence-electron chi connectivity index (χ2n) is 38.4. The summed E-state index contributed by atoms with van der Waals surface area (Å²) in [5.41, 5.74) is 31.4. The summed E-state index contributed by atoms with van der Waals surface area (Å²) in [7, 11) is 0. The van der Waals surface area contributed by atoms with E-state index < -0.39 is 0 Å². The summed E-state index contributed by atoms with van der Waals surface area (Å²) in [6, 6.07) is 191. The highest BCUT2D eigenvalue weighted by atomic mass is 32.1. The molecule has 8 heterocycles. The van der Waals surface area contributed by atoms with Crippen LogP contribution in [0, 0.1) is 0 Å². The number of thiophene rings is 2. The molecule has 0 N–H and O–H groups in total. The average molecular weight is 1890 g/mol. The molecule has 146 heavy (non-hydrogen) atoms. The zero-order chi connectivity index (χ0) is 95.7. The standard InChI is InChI=1S/C48H30N2S.C48H30N2.C42H26N2S/c1-2-12-31(13-3-1)33-14-10-15-35(28-33)50-44-22-8-5-17-38(44)42-29-41-37-16-4-7-21-43(37)49(45(41)30-46(42)50)34-26-24-32(25-27-34)36-19-11-20-40-39-18-6-9-23-47(39)51-48(36)40;1-2-12-33(13-3-1)49-45-20-10-8-18-40(45)43-29-44-41-19-9-11-21-46(41)50(48(44)30-47(43)49)34-25-22-31(23-26-34)32-24-27-39-37-16-5-4-14-35(37)36-15-6-7-17-38(36)42(39)28-32;1-2-11-28(12-3-1)43-37-18-7-4-13-31(37)35-25-36-32-14-5-8-19-38(32)44(40(36)26-39(35)43)29-23-21-27(22-24-29)30-16-10-17-34-33-15-6-9-20-41(33)45-42(30)34/h1-30H;1-30H;1-26H. The van der Waals surface area contributed by atoms with Gasteiger partial charge in [0.05, 0.1) is 66.2 Å². The highest BCUT2D eigenvalue weighted by Gasteiger charge is 2.26. The third kappa shape index (κ3) is 13.1. The Labute approximate surface area is 847 Å². The van der Waals surface area contributed by atoms with Crippen molar-refractivity contribution in [1.29, 1.82) is 0 Å². The van der Waals surface area contributed by atoms with Crippen molar-refractivity contribution in [1.82, 2.24) is 27.4 Å². The number of aromatic nitrogens is 6. The van der Waals surface area contributed by atoms with E-state index >= 15 is 0 Å². The molecule has 0 aliphatic rings. The van der Waals surface area contributed by atoms with Gasteiger partial charge in [0, 0.05) is 139 Å². The normalized spacial score (nSPS) is 12.0. The van der Waals surface area contributed by atoms with Gasteiger partial charge in [-0.3, -0.25) is 0 Å². The van der Waals surface area contributed by atoms with Crippen LogP contribution < -0.4 is 0 Å². The van der Waals surface area contributed by atoms with Crippen molar-refractivity contribution in [3.8, 4) is 78.6 Å². The number of fused-ring (bicyclic) bond motifs is 30. The van der Waals surface area contributed by atoms with Gasteiger partial charge < -0.3 is 27.4 Å². The number of benzene rings is 24. The molecule has 0 radical (unpaired) electrons. The fourth-order valence-corrected chi connectivity index (χ4v) is 26.5. The number of hydrogen-bond donors (Lipinski definition) is 0. The maximum atomic E-state index is 2.44. The van der Waals surface area contributed by atoms with E-state index in [1.54, 1.807) is 0 Å². The molecule has 0 aliphatic carbocycles. The molecule has 0 unspecified atom stereocenters. The van der Waals surface area contributed by atoms with Crippen LogP contribution in [0.15, 0.2) is 522 Å². The fraction of sp³-hybridized carbons (Fsp3) is 0. The first-order valence-corrected chi connectivity index (χ1v) is 51.7. The number of hydrogen-bond acceptors (Lipinski definition) is 2. The van der Waals surface area contributed by atoms with Crippen LogP contribution in [0.1, 0.15) is 0 Å². The van der Waals surface area contributed by atoms with Gasteiger partial charge >= 0.3 is 0 Å². The van der Waals surface area contributed by atoms with E-state index in [-0.39, 0.29) is 0 Å². The minimum Gasteiger partial charge on any atom is -0.309 e. The summed E-state index contributed by atoms with van der Waals surface area (Å²) in [5, 5.41) is 28.3. The predicted octanol–water partition coefficient (Wildman–Crippen LogP) is 38.5. The lowest BCUT2D eigenvalue weighted by atomic mass is 9.92. The van der Waals surface area contributed by atoms with Gasteiger partial charge in [-0.05, 0) is 241 Å². The molecule has 0 fully saturated rings. The van der Waals surface area contributed by atoms with E-state index in [4.69, 9.17) is 0 Å². The van der Waals surface area contributed by atoms with Crippen LogP contribution in [0.25, 0.3) is 282 Å². The van der Waals surface area contributed by atoms with Crippen LogP contribution in [-0.4, -0.2) is 27.4 Å². The first-order valence-electron chi connectivity index (χ1n) is 50.1. The first kappa shape index (κ1) is 83.1. The molecule has 8 heteroatoms. The van der Waals surface area contributed by atoms with Gasteiger partial charge in [0.15, 0.2) is 0 Å². The average Bonchev–Trinajstić information content (AvgIpc) is 1.57. The van der Waals surface area contributed by atoms with Gasteiger partial charge in [0.25, 0.3) is 0 Å². The monoisotopic (exact) mass is 1890 g/mol. The Bertz CT molecular complexity index is 10900. The van der Waals surface area contributed by atoms with Crippen molar-refractivity contribution < 1.29 is 0 Å². The third-order valence-electron chi connectivity index (χ3n) is 30.5. The molecular formula is C138H86N6S2. The second-order valence-corrected chi connectivity index (χ2v) is 40.5. The van der Waals surface area contributed by atoms with E-state index in [0.29, 0.717) is 0 Å². The van der Waals surface area contributed by atoms with Gasteiger partial charge in [0.1, 0.15) is 0 Å². The molecule has 0 saturated heterocycles. The number of rotatable bonds is 10. The molecule has 680 valence electrons. The van der Waals surface area contributed by atoms with Gasteiger partial charge in [-0.25, -0.2) is 0 Å². The van der Waals surface area contributed by atoms with Crippen molar-refractivity contribution in [2.75, 3.05) is 0 Å². The minimum absolute atomic E-state index is 1.15. The molecule has 8 aromatic heterocycles. The maximum absolute atomic E-state index is 2.44. The van der Waals surface area contributed by atoms with Crippen molar-refractivity contribution in [3.05, 3.63) is 522 Å². The van der Waals surface area contributed by atoms with Gasteiger partial charge in [0.2, 0.25) is 0 Å². The van der Waals surface area contributed by atoms with Crippen LogP contribution >= 0.6 is 22.7 Å². The van der Waals surface area contributed by atoms with Crippen LogP contribution in [0.5, 0.6) is 0 Å². The van der Waals surface area contributed by atoms with Crippen LogP contribution in [0.3, 0.4) is 0 Å². The molecule has 6 nitrogen and oxygen atoms in total. The molecule has 0 atom stereocenters. The Hall–Kier alpha value is -18.7. The van der Waals surface area contributed by atoms with E-state index in [9.17, 15) is 0 Å². The quantitative estimate of drug-likeness (QED) is 0.122. The summed E-state index contributed by atoms with van der Waals surface area (Å²) in [6.07, 6.45) is 0.